The average Bonchev–Trinajstić information content (AvgIpc) is 1.19. The molecule has 0 radical (unpaired) electrons. The third-order valence-corrected chi connectivity index (χ3v) is 25.9. The third-order valence-electron chi connectivity index (χ3n) is 24.6. The second kappa shape index (κ2) is 58.9. The van der Waals surface area contributed by atoms with Crippen LogP contribution in [-0.4, -0.2) is 249 Å². The van der Waals surface area contributed by atoms with Crippen LogP contribution in [0, 0.1) is 0 Å². The number of piperidine rings is 1. The van der Waals surface area contributed by atoms with Crippen molar-refractivity contribution in [1.82, 2.24) is 25.6 Å². The molecule has 0 saturated carbocycles. The summed E-state index contributed by atoms with van der Waals surface area (Å²) in [6.45, 7) is 10.7. The van der Waals surface area contributed by atoms with Crippen LogP contribution in [0.3, 0.4) is 0 Å². The molecule has 16 atom stereocenters. The van der Waals surface area contributed by atoms with E-state index < -0.39 is 54.8 Å². The molecule has 0 aliphatic carbocycles. The van der Waals surface area contributed by atoms with Crippen molar-refractivity contribution in [3.63, 3.8) is 0 Å². The summed E-state index contributed by atoms with van der Waals surface area (Å²) in [5.74, 6) is -0.205. The van der Waals surface area contributed by atoms with Gasteiger partial charge in [-0.25, -0.2) is 4.98 Å². The summed E-state index contributed by atoms with van der Waals surface area (Å²) in [6.07, 6.45) is 24.2. The quantitative estimate of drug-likeness (QED) is 0.0119. The number of nitrogens with zero attached hydrogens (tertiary/aromatic N) is 4. The molecular weight excluding hydrogens is 1740 g/mol. The van der Waals surface area contributed by atoms with Crippen molar-refractivity contribution in [3.05, 3.63) is 107 Å². The lowest BCUT2D eigenvalue weighted by atomic mass is 9.64. The van der Waals surface area contributed by atoms with Crippen LogP contribution in [0.25, 0.3) is 0 Å². The highest BCUT2D eigenvalue weighted by Gasteiger charge is 2.44. The van der Waals surface area contributed by atoms with Gasteiger partial charge in [-0.3, -0.25) is 67.5 Å². The molecule has 3 aromatic heterocycles. The van der Waals surface area contributed by atoms with Gasteiger partial charge >= 0.3 is 42.7 Å². The monoisotopic (exact) mass is 1870 g/mol. The second-order valence-corrected chi connectivity index (χ2v) is 38.0. The number of ketones is 12. The third kappa shape index (κ3) is 40.8. The van der Waals surface area contributed by atoms with Crippen LogP contribution >= 0.6 is 23.1 Å². The number of carbonyl (C=O) groups excluding carboxylic acids is 12. The van der Waals surface area contributed by atoms with E-state index >= 15 is 0 Å². The van der Waals surface area contributed by atoms with E-state index in [4.69, 9.17) is 50.0 Å². The Morgan fingerprint density at radius 3 is 1.25 bits per heavy atom. The molecule has 8 aliphatic rings. The summed E-state index contributed by atoms with van der Waals surface area (Å²) in [5.41, 5.74) is 22.1. The summed E-state index contributed by atoms with van der Waals surface area (Å²) >= 11 is 2.86. The van der Waals surface area contributed by atoms with Crippen molar-refractivity contribution in [2.75, 3.05) is 31.4 Å². The Balaban J connectivity index is 0.000000217. The molecule has 4 aromatic rings. The first-order valence-corrected chi connectivity index (χ1v) is 48.5. The number of hydrogen-bond acceptors (Lipinski definition) is 36. The summed E-state index contributed by atoms with van der Waals surface area (Å²) in [6, 6.07) is 14.2. The fourth-order valence-corrected chi connectivity index (χ4v) is 18.5. The van der Waals surface area contributed by atoms with Gasteiger partial charge in [0.05, 0.1) is 24.2 Å². The zero-order valence-electron chi connectivity index (χ0n) is 77.5. The zero-order chi connectivity index (χ0) is 96.5. The number of pyridine rings is 2. The molecule has 14 N–H and O–H groups in total. The van der Waals surface area contributed by atoms with Crippen LogP contribution < -0.4 is 27.8 Å². The maximum atomic E-state index is 12.6. The smallest absolute Gasteiger partial charge is 0.427 e. The standard InChI is InChI=1S/C18H24BNO4.C16H23BN2O4.C15H20BNO4.C14H20BN3O5S.C14H24BNO4.C13H24BNO4S/c1-12(21)8-16-7-6-15(19(23)24-16)10-18(22)17-9-13-4-2-3-5-14(13)11-20-17;1-11(20)7-14-5-4-13(17(22)23-14)9-16(21)15(18)8-12-3-2-6-19-10-12;1-11(18)7-15-5-4-13(16(20)21-15)9-14(19)8-12-3-2-6-17-10-12;1-8(19)5-10-4-3-9(15(21)23-10)6-12(20)13(18-22-2)11-7-24-14(16)17-11;1-10(17)8-12-6-5-11(15(19)20-12)9-14(18)13-4-2-3-7-16-13;1-9(16)7-11-4-3-10(14(18)19-11)8-13(17)12(15)5-6-20-2/h2-5,15-17,20,23H,6-11H2,1H3;2-3,6,10,13-15,22H,4-5,7-9,18H2,1H3;2-3,6,10,13,15,20H,4-5,7-9H2,1H3;7,9-10,21H,3-6H2,1-2H3,(H2,16,17);11-13,16,19H,2-9H2,1H3;10-12,18H,3-8,15H2,1-2H3/b;;;18-13-;;/t15-,16+,17-;13-,14+,15?;13-,15+;9-,10+;11-,12+,13?;10-,11+,12?/m111111/s1. The molecule has 7 fully saturated rings. The number of nitrogens with one attached hydrogen (secondary N) is 2. The fraction of sp³-hybridized carbons (Fsp3) is 0.644. The van der Waals surface area contributed by atoms with E-state index in [9.17, 15) is 87.7 Å². The van der Waals surface area contributed by atoms with Gasteiger partial charge in [0, 0.05) is 192 Å². The molecule has 7 saturated heterocycles. The molecule has 0 amide bonds. The van der Waals surface area contributed by atoms with Crippen LogP contribution in [0.5, 0.6) is 0 Å². The molecule has 42 heteroatoms. The molecule has 12 rings (SSSR count). The number of rotatable bonds is 38. The molecule has 8 aliphatic heterocycles. The topological polar surface area (TPSA) is 544 Å². The van der Waals surface area contributed by atoms with Crippen molar-refractivity contribution in [1.29, 1.82) is 0 Å². The Kier molecular flexibility index (Phi) is 49.8. The Hall–Kier alpha value is -7.44. The van der Waals surface area contributed by atoms with Crippen LogP contribution in [0.1, 0.15) is 249 Å². The number of oxime groups is 1. The van der Waals surface area contributed by atoms with Gasteiger partial charge in [0.15, 0.2) is 16.6 Å². The van der Waals surface area contributed by atoms with Crippen LogP contribution in [-0.2, 0) is 116 Å². The number of carbonyl (C=O) groups is 12. The van der Waals surface area contributed by atoms with E-state index in [-0.39, 0.29) is 184 Å². The predicted octanol–water partition coefficient (Wildman–Crippen LogP) is 7.36. The largest absolute Gasteiger partial charge is 0.458 e. The Morgan fingerprint density at radius 2 is 0.879 bits per heavy atom. The number of anilines is 1. The van der Waals surface area contributed by atoms with E-state index in [1.165, 1.54) is 71.1 Å². The minimum atomic E-state index is -1.09. The second-order valence-electron chi connectivity index (χ2n) is 36.1. The highest BCUT2D eigenvalue weighted by molar-refractivity contribution is 7.98. The maximum absolute atomic E-state index is 12.6. The predicted molar refractivity (Wildman–Crippen MR) is 506 cm³/mol. The van der Waals surface area contributed by atoms with E-state index in [0.29, 0.717) is 152 Å². The molecule has 34 nitrogen and oxygen atoms in total. The number of nitrogen functional groups attached to an aromatic ring is 1. The summed E-state index contributed by atoms with van der Waals surface area (Å²) < 4.78 is 32.7. The number of hydrogen-bond donors (Lipinski definition) is 11. The van der Waals surface area contributed by atoms with E-state index in [0.717, 1.165) is 61.9 Å². The maximum Gasteiger partial charge on any atom is 0.458 e. The highest BCUT2D eigenvalue weighted by Crippen LogP contribution is 2.38. The molecule has 3 unspecified atom stereocenters. The van der Waals surface area contributed by atoms with Crippen molar-refractivity contribution >= 4 is 146 Å². The first kappa shape index (κ1) is 112. The number of fused-ring (bicyclic) bond motifs is 1. The Bertz CT molecular complexity index is 4370. The molecule has 132 heavy (non-hydrogen) atoms. The average molecular weight is 1870 g/mol. The van der Waals surface area contributed by atoms with E-state index in [2.05, 4.69) is 42.9 Å². The molecule has 0 spiro atoms. The van der Waals surface area contributed by atoms with Crippen molar-refractivity contribution in [3.8, 4) is 0 Å². The Labute approximate surface area is 785 Å². The van der Waals surface area contributed by atoms with Crippen molar-refractivity contribution in [2.45, 2.75) is 343 Å². The Morgan fingerprint density at radius 1 is 0.485 bits per heavy atom. The number of benzene rings is 1. The summed E-state index contributed by atoms with van der Waals surface area (Å²) in [4.78, 5) is 157. The van der Waals surface area contributed by atoms with Gasteiger partial charge in [-0.05, 0) is 204 Å². The first-order chi connectivity index (χ1) is 62.9. The van der Waals surface area contributed by atoms with Gasteiger partial charge in [0.1, 0.15) is 76.4 Å². The normalized spacial score (nSPS) is 24.7. The van der Waals surface area contributed by atoms with E-state index in [1.54, 1.807) is 54.1 Å². The van der Waals surface area contributed by atoms with Crippen LogP contribution in [0.15, 0.2) is 83.9 Å². The SMILES string of the molecule is CC(=O)C[C@@H]1CC[C@H](CC(=O)C(N)Cc2cccnc2)B(O)O1.CC(=O)C[C@@H]1CC[C@H](CC(=O)C2CCCCN2)B(O)O1.CC(=O)C[C@@H]1CC[C@H](CC(=O)Cc2cccnc2)B(O)O1.CC(=O)C[C@@H]1CC[C@H](CC(=O)[C@H]2Cc3ccccc3CN2)B(O)O1.CO/N=C(\C(=O)C[C@H]1CC[C@@H](CC(C)=O)OB1O)c1csc(N)n1.CSCCC(N)C(=O)C[C@H]1CC[C@@H](CC(C)=O)OB1O. The van der Waals surface area contributed by atoms with Gasteiger partial charge in [-0.1, -0.05) is 48.0 Å². The summed E-state index contributed by atoms with van der Waals surface area (Å²) in [5, 5.41) is 72.4. The number of Topliss-reactive ketones (excluding diaryl/α,β-unsaturated/α-hetero) is 12. The highest BCUT2D eigenvalue weighted by atomic mass is 32.2. The molecule has 0 bridgehead atoms. The lowest BCUT2D eigenvalue weighted by molar-refractivity contribution is -0.122. The number of thiazole rings is 1. The minimum absolute atomic E-state index is 0.0114. The lowest BCUT2D eigenvalue weighted by Crippen LogP contribution is -2.44. The van der Waals surface area contributed by atoms with Gasteiger partial charge in [-0.15, -0.1) is 11.3 Å². The molecular formula is C90H135B6N9O25S2. The molecule has 1 aromatic carbocycles. The van der Waals surface area contributed by atoms with E-state index in [1.807, 2.05) is 30.5 Å². The van der Waals surface area contributed by atoms with Crippen molar-refractivity contribution in [2.24, 2.45) is 16.6 Å². The van der Waals surface area contributed by atoms with Gasteiger partial charge in [0.25, 0.3) is 0 Å². The lowest BCUT2D eigenvalue weighted by Gasteiger charge is -2.32. The first-order valence-electron chi connectivity index (χ1n) is 46.2. The van der Waals surface area contributed by atoms with Gasteiger partial charge < -0.3 is 90.7 Å². The number of thioether (sulfide) groups is 1. The number of aromatic nitrogens is 3. The fourth-order valence-electron chi connectivity index (χ4n) is 17.4. The molecule has 11 heterocycles. The van der Waals surface area contributed by atoms with Crippen molar-refractivity contribution < 1.29 is 120 Å². The minimum Gasteiger partial charge on any atom is -0.427 e. The summed E-state index contributed by atoms with van der Waals surface area (Å²) in [7, 11) is -4.55. The number of nitrogens with two attached hydrogens (primary N) is 3. The van der Waals surface area contributed by atoms with Gasteiger partial charge in [-0.2, -0.15) is 11.8 Å². The van der Waals surface area contributed by atoms with Crippen LogP contribution in [0.4, 0.5) is 5.13 Å². The van der Waals surface area contributed by atoms with Gasteiger partial charge in [0.2, 0.25) is 0 Å². The molecule has 720 valence electrons. The zero-order valence-corrected chi connectivity index (χ0v) is 79.2. The van der Waals surface area contributed by atoms with Crippen LogP contribution in [0.2, 0.25) is 34.9 Å².